The number of fused-ring (bicyclic) bond motifs is 1. The lowest BCUT2D eigenvalue weighted by Crippen LogP contribution is -2.59. The van der Waals surface area contributed by atoms with Crippen molar-refractivity contribution in [3.63, 3.8) is 0 Å². The van der Waals surface area contributed by atoms with Crippen LogP contribution in [-0.4, -0.2) is 93.5 Å². The number of rotatable bonds is 16. The number of para-hydroxylation sites is 1. The minimum atomic E-state index is -1.46. The Morgan fingerprint density at radius 1 is 1.07 bits per heavy atom. The van der Waals surface area contributed by atoms with E-state index in [4.69, 9.17) is 21.1 Å². The number of carbonyl (C=O) groups is 4. The van der Waals surface area contributed by atoms with E-state index in [0.717, 1.165) is 11.1 Å². The van der Waals surface area contributed by atoms with Gasteiger partial charge in [0.1, 0.15) is 17.7 Å². The molecule has 3 heterocycles. The number of hydrogen-bond acceptors (Lipinski definition) is 7. The number of ether oxygens (including phenoxy) is 2. The number of amides is 3. The second kappa shape index (κ2) is 17.5. The van der Waals surface area contributed by atoms with E-state index in [2.05, 4.69) is 29.1 Å². The molecule has 3 aliphatic rings. The Hall–Kier alpha value is -4.29. The molecule has 3 amide bonds. The molecule has 3 aliphatic heterocycles. The summed E-state index contributed by atoms with van der Waals surface area (Å²) in [5, 5.41) is 11.3. The molecule has 10 nitrogen and oxygen atoms in total. The summed E-state index contributed by atoms with van der Waals surface area (Å²) >= 11 is 10.5. The highest BCUT2D eigenvalue weighted by molar-refractivity contribution is 9.09. The Labute approximate surface area is 342 Å². The minimum absolute atomic E-state index is 0.0769. The van der Waals surface area contributed by atoms with Crippen molar-refractivity contribution in [1.29, 1.82) is 0 Å². The van der Waals surface area contributed by atoms with Gasteiger partial charge in [0, 0.05) is 24.8 Å². The second-order valence-corrected chi connectivity index (χ2v) is 16.5. The summed E-state index contributed by atoms with van der Waals surface area (Å²) in [7, 11) is 1.68. The molecule has 12 heteroatoms. The molecule has 0 radical (unpaired) electrons. The lowest BCUT2D eigenvalue weighted by molar-refractivity contribution is -0.165. The maximum Gasteiger partial charge on any atom is 0.313 e. The van der Waals surface area contributed by atoms with Crippen LogP contribution in [0.4, 0.5) is 5.69 Å². The van der Waals surface area contributed by atoms with Gasteiger partial charge in [-0.15, -0.1) is 13.2 Å². The Morgan fingerprint density at radius 3 is 2.38 bits per heavy atom. The van der Waals surface area contributed by atoms with Crippen molar-refractivity contribution in [2.45, 2.75) is 80.3 Å². The quantitative estimate of drug-likeness (QED) is 0.0980. The third kappa shape index (κ3) is 7.58. The molecule has 1 spiro atoms. The smallest absolute Gasteiger partial charge is 0.313 e. The Morgan fingerprint density at radius 2 is 1.75 bits per heavy atom. The van der Waals surface area contributed by atoms with Crippen molar-refractivity contribution >= 4 is 56.9 Å². The highest BCUT2D eigenvalue weighted by Crippen LogP contribution is 2.61. The fourth-order valence-corrected chi connectivity index (χ4v) is 10.1. The molecule has 3 fully saturated rings. The van der Waals surface area contributed by atoms with Crippen LogP contribution in [0.5, 0.6) is 0 Å². The molecule has 0 aliphatic carbocycles. The van der Waals surface area contributed by atoms with Crippen molar-refractivity contribution in [3.8, 4) is 0 Å². The summed E-state index contributed by atoms with van der Waals surface area (Å²) < 4.78 is 13.3. The SMILES string of the molecule is C=CCCC(=O)N(C)[C@H](C)[C@H](OC(=O)[C@@H]1[C@H]2O[C@@]3(CC2Br)[C@H](C(=O)N(CC=C)c2c(C)cccc2Cl)N([C@@H](CO)Cc2ccccc2)C(=O)[C@@H]13)c1ccccc1. The van der Waals surface area contributed by atoms with E-state index in [1.807, 2.05) is 80.6 Å². The fraction of sp³-hybridized carbons (Fsp3) is 0.409. The first-order valence-corrected chi connectivity index (χ1v) is 20.3. The first kappa shape index (κ1) is 41.3. The van der Waals surface area contributed by atoms with E-state index in [1.165, 1.54) is 9.80 Å². The Bertz CT molecular complexity index is 1930. The molecule has 0 aromatic heterocycles. The van der Waals surface area contributed by atoms with Crippen LogP contribution in [0.1, 0.15) is 49.0 Å². The number of aryl methyl sites for hydroxylation is 1. The second-order valence-electron chi connectivity index (χ2n) is 14.9. The van der Waals surface area contributed by atoms with Crippen molar-refractivity contribution in [2.24, 2.45) is 11.8 Å². The van der Waals surface area contributed by atoms with Crippen molar-refractivity contribution in [2.75, 3.05) is 25.1 Å². The molecule has 1 unspecified atom stereocenters. The van der Waals surface area contributed by atoms with Gasteiger partial charge in [0.2, 0.25) is 11.8 Å². The summed E-state index contributed by atoms with van der Waals surface area (Å²) in [5.41, 5.74) is 1.29. The monoisotopic (exact) mass is 845 g/mol. The number of likely N-dealkylation sites (N-methyl/N-ethyl adjacent to an activating group) is 1. The molecule has 1 N–H and O–H groups in total. The van der Waals surface area contributed by atoms with Crippen LogP contribution in [0.25, 0.3) is 0 Å². The molecule has 56 heavy (non-hydrogen) atoms. The number of aliphatic hydroxyl groups is 1. The van der Waals surface area contributed by atoms with Crippen LogP contribution in [0, 0.1) is 18.8 Å². The number of esters is 1. The Balaban J connectivity index is 1.43. The molecule has 3 aromatic rings. The third-order valence-corrected chi connectivity index (χ3v) is 12.7. The molecule has 9 atom stereocenters. The number of benzene rings is 3. The normalized spacial score (nSPS) is 25.2. The van der Waals surface area contributed by atoms with Crippen LogP contribution >= 0.6 is 27.5 Å². The molecule has 0 saturated carbocycles. The largest absolute Gasteiger partial charge is 0.455 e. The topological polar surface area (TPSA) is 117 Å². The molecule has 296 valence electrons. The maximum absolute atomic E-state index is 15.3. The summed E-state index contributed by atoms with van der Waals surface area (Å²) in [6, 6.07) is 21.3. The van der Waals surface area contributed by atoms with Gasteiger partial charge < -0.3 is 29.3 Å². The Kier molecular flexibility index (Phi) is 12.9. The van der Waals surface area contributed by atoms with Gasteiger partial charge in [-0.25, -0.2) is 0 Å². The highest BCUT2D eigenvalue weighted by atomic mass is 79.9. The van der Waals surface area contributed by atoms with Crippen molar-refractivity contribution in [3.05, 3.63) is 126 Å². The van der Waals surface area contributed by atoms with Gasteiger partial charge in [-0.2, -0.15) is 0 Å². The first-order valence-electron chi connectivity index (χ1n) is 19.0. The zero-order valence-corrected chi connectivity index (χ0v) is 34.3. The van der Waals surface area contributed by atoms with E-state index in [0.29, 0.717) is 22.7 Å². The lowest BCUT2D eigenvalue weighted by Gasteiger charge is -2.40. The zero-order chi connectivity index (χ0) is 40.3. The molecule has 3 aromatic carbocycles. The number of alkyl halides is 1. The van der Waals surface area contributed by atoms with Gasteiger partial charge in [0.15, 0.2) is 0 Å². The van der Waals surface area contributed by atoms with E-state index >= 15 is 9.59 Å². The summed E-state index contributed by atoms with van der Waals surface area (Å²) in [6.07, 6.45) is 2.83. The van der Waals surface area contributed by atoms with Gasteiger partial charge in [-0.05, 0) is 55.9 Å². The highest BCUT2D eigenvalue weighted by Gasteiger charge is 2.77. The van der Waals surface area contributed by atoms with Gasteiger partial charge in [-0.1, -0.05) is 112 Å². The summed E-state index contributed by atoms with van der Waals surface area (Å²) in [6.45, 7) is 10.9. The van der Waals surface area contributed by atoms with Crippen LogP contribution < -0.4 is 4.90 Å². The predicted molar refractivity (Wildman–Crippen MR) is 219 cm³/mol. The number of anilines is 1. The zero-order valence-electron chi connectivity index (χ0n) is 31.9. The van der Waals surface area contributed by atoms with Crippen LogP contribution in [0.15, 0.2) is 104 Å². The summed E-state index contributed by atoms with van der Waals surface area (Å²) in [4.78, 5) is 62.6. The van der Waals surface area contributed by atoms with Crippen molar-refractivity contribution < 1.29 is 33.8 Å². The average Bonchev–Trinajstić information content (AvgIpc) is 3.80. The third-order valence-electron chi connectivity index (χ3n) is 11.6. The maximum atomic E-state index is 15.3. The predicted octanol–water partition coefficient (Wildman–Crippen LogP) is 6.62. The fourth-order valence-electron chi connectivity index (χ4n) is 8.80. The average molecular weight is 847 g/mol. The standard InChI is InChI=1S/C44H49BrClN3O7/c1-6-8-22-34(51)47(5)28(4)38(30-19-13-10-14-20-30)55-43(54)35-36-41(52)49(31(26-50)24-29-17-11-9-12-18-29)40(44(36)25-32(45)39(35)56-44)42(53)48(23-7-2)37-27(3)16-15-21-33(37)46/h6-7,9-21,28,31-32,35-36,38-40,50H,1-2,8,22-26H2,3-5H3/t28-,31-,32?,35+,36-,38+,39+,40+,44-/m1/s1. The number of allylic oxidation sites excluding steroid dienone is 1. The number of nitrogens with zero attached hydrogens (tertiary/aromatic N) is 3. The van der Waals surface area contributed by atoms with E-state index in [-0.39, 0.29) is 31.7 Å². The van der Waals surface area contributed by atoms with Gasteiger partial charge >= 0.3 is 5.97 Å². The van der Waals surface area contributed by atoms with Crippen LogP contribution in [-0.2, 0) is 35.1 Å². The number of hydrogen-bond donors (Lipinski definition) is 1. The van der Waals surface area contributed by atoms with E-state index in [9.17, 15) is 14.7 Å². The van der Waals surface area contributed by atoms with Crippen molar-refractivity contribution in [1.82, 2.24) is 9.80 Å². The van der Waals surface area contributed by atoms with E-state index in [1.54, 1.807) is 36.2 Å². The van der Waals surface area contributed by atoms with Crippen LogP contribution in [0.2, 0.25) is 5.02 Å². The van der Waals surface area contributed by atoms with Gasteiger partial charge in [0.25, 0.3) is 5.91 Å². The number of halogens is 2. The summed E-state index contributed by atoms with van der Waals surface area (Å²) in [5.74, 6) is -3.96. The molecular weight excluding hydrogens is 798 g/mol. The van der Waals surface area contributed by atoms with E-state index < -0.39 is 77.0 Å². The molecule has 2 bridgehead atoms. The minimum Gasteiger partial charge on any atom is -0.455 e. The first-order chi connectivity index (χ1) is 26.9. The molecule has 3 saturated heterocycles. The number of likely N-dealkylation sites (tertiary alicyclic amines) is 1. The van der Waals surface area contributed by atoms with Gasteiger partial charge in [-0.3, -0.25) is 19.2 Å². The van der Waals surface area contributed by atoms with Crippen LogP contribution in [0.3, 0.4) is 0 Å². The van der Waals surface area contributed by atoms with Gasteiger partial charge in [0.05, 0.1) is 47.3 Å². The molecular formula is C44H49BrClN3O7. The number of carbonyl (C=O) groups excluding carboxylic acids is 4. The molecule has 6 rings (SSSR count). The number of aliphatic hydroxyl groups excluding tert-OH is 1. The lowest BCUT2D eigenvalue weighted by atomic mass is 9.70.